The number of primary amides is 2. The summed E-state index contributed by atoms with van der Waals surface area (Å²) in [5, 5.41) is 11.3. The number of urea groups is 1. The van der Waals surface area contributed by atoms with Crippen molar-refractivity contribution in [2.24, 2.45) is 16.9 Å². The van der Waals surface area contributed by atoms with Gasteiger partial charge in [-0.25, -0.2) is 9.59 Å². The van der Waals surface area contributed by atoms with Crippen molar-refractivity contribution in [3.63, 3.8) is 0 Å². The third-order valence-corrected chi connectivity index (χ3v) is 2.36. The molecule has 0 rings (SSSR count). The van der Waals surface area contributed by atoms with Crippen molar-refractivity contribution in [3.8, 4) is 0 Å². The summed E-state index contributed by atoms with van der Waals surface area (Å²) in [5.74, 6) is -2.92. The number of hydrogen-bond donors (Lipinski definition) is 4. The minimum atomic E-state index is -1.23. The van der Waals surface area contributed by atoms with Crippen LogP contribution in [0.3, 0.4) is 0 Å². The van der Waals surface area contributed by atoms with Gasteiger partial charge < -0.3 is 26.8 Å². The highest BCUT2D eigenvalue weighted by molar-refractivity contribution is 5.89. The Bertz CT molecular complexity index is 400. The van der Waals surface area contributed by atoms with Gasteiger partial charge in [0.05, 0.1) is 0 Å². The zero-order valence-electron chi connectivity index (χ0n) is 11.7. The van der Waals surface area contributed by atoms with Crippen molar-refractivity contribution >= 4 is 23.8 Å². The molecule has 20 heavy (non-hydrogen) atoms. The highest BCUT2D eigenvalue weighted by atomic mass is 16.4. The molecule has 0 fully saturated rings. The topological polar surface area (TPSA) is 156 Å². The first-order chi connectivity index (χ1) is 8.95. The van der Waals surface area contributed by atoms with Crippen LogP contribution < -0.4 is 16.8 Å². The fourth-order valence-electron chi connectivity index (χ4n) is 1.44. The van der Waals surface area contributed by atoms with E-state index in [2.05, 4.69) is 5.32 Å². The zero-order valence-corrected chi connectivity index (χ0v) is 11.7. The van der Waals surface area contributed by atoms with Gasteiger partial charge in [-0.2, -0.15) is 0 Å². The Hall–Kier alpha value is -2.32. The lowest BCUT2D eigenvalue weighted by Gasteiger charge is -2.30. The molecule has 6 N–H and O–H groups in total. The van der Waals surface area contributed by atoms with Crippen LogP contribution >= 0.6 is 0 Å². The third kappa shape index (κ3) is 6.03. The van der Waals surface area contributed by atoms with Gasteiger partial charge in [-0.3, -0.25) is 9.59 Å². The van der Waals surface area contributed by atoms with Crippen LogP contribution in [0.15, 0.2) is 0 Å². The normalized spacial score (nSPS) is 12.3. The summed E-state index contributed by atoms with van der Waals surface area (Å²) in [6.45, 7) is 3.80. The van der Waals surface area contributed by atoms with E-state index in [0.717, 1.165) is 4.90 Å². The lowest BCUT2D eigenvalue weighted by molar-refractivity contribution is -0.142. The number of carboxylic acids is 1. The molecule has 114 valence electrons. The molecule has 9 heteroatoms. The quantitative estimate of drug-likeness (QED) is 0.466. The van der Waals surface area contributed by atoms with Crippen LogP contribution in [-0.4, -0.2) is 53.0 Å². The Labute approximate surface area is 116 Å². The Balaban J connectivity index is 5.01. The van der Waals surface area contributed by atoms with E-state index in [1.165, 1.54) is 0 Å². The summed E-state index contributed by atoms with van der Waals surface area (Å²) in [4.78, 5) is 45.5. The van der Waals surface area contributed by atoms with Gasteiger partial charge in [-0.1, -0.05) is 20.8 Å². The fourth-order valence-corrected chi connectivity index (χ4v) is 1.44. The summed E-state index contributed by atoms with van der Waals surface area (Å²) in [6, 6.07) is -2.09. The summed E-state index contributed by atoms with van der Waals surface area (Å²) >= 11 is 0. The average molecular weight is 288 g/mol. The molecule has 9 nitrogen and oxygen atoms in total. The molecule has 0 aromatic rings. The number of aliphatic carboxylic acids is 1. The molecule has 0 saturated carbocycles. The Morgan fingerprint density at radius 2 is 1.50 bits per heavy atom. The van der Waals surface area contributed by atoms with Crippen LogP contribution in [0.5, 0.6) is 0 Å². The molecular formula is C11H20N4O5. The predicted octanol–water partition coefficient (Wildman–Crippen LogP) is -1.53. The van der Waals surface area contributed by atoms with Crippen LogP contribution in [-0.2, 0) is 14.4 Å². The molecule has 0 aromatic heterocycles. The highest BCUT2D eigenvalue weighted by Crippen LogP contribution is 2.19. The maximum Gasteiger partial charge on any atom is 0.326 e. The molecule has 0 radical (unpaired) electrons. The molecular weight excluding hydrogens is 268 g/mol. The number of carbonyl (C=O) groups is 4. The highest BCUT2D eigenvalue weighted by Gasteiger charge is 2.34. The Kier molecular flexibility index (Phi) is 5.95. The summed E-state index contributed by atoms with van der Waals surface area (Å²) in [6.07, 6.45) is 0. The van der Waals surface area contributed by atoms with Crippen LogP contribution in [0.1, 0.15) is 20.8 Å². The number of hydrogen-bond acceptors (Lipinski definition) is 4. The van der Waals surface area contributed by atoms with Gasteiger partial charge >= 0.3 is 12.0 Å². The van der Waals surface area contributed by atoms with Crippen molar-refractivity contribution in [2.45, 2.75) is 26.8 Å². The first-order valence-corrected chi connectivity index (χ1v) is 5.80. The second-order valence-electron chi connectivity index (χ2n) is 5.38. The number of carbonyl (C=O) groups excluding carboxylic acids is 3. The minimum absolute atomic E-state index is 0.536. The molecule has 0 aliphatic carbocycles. The molecule has 0 spiro atoms. The van der Waals surface area contributed by atoms with E-state index in [9.17, 15) is 19.2 Å². The molecule has 1 atom stereocenters. The molecule has 0 aliphatic rings. The SMILES string of the molecule is CC(C)(C)[C@H](NC(=O)N(CC(N)=O)CC(N)=O)C(=O)O. The second kappa shape index (κ2) is 6.73. The van der Waals surface area contributed by atoms with Gasteiger partial charge in [0.1, 0.15) is 19.1 Å². The first kappa shape index (κ1) is 17.7. The standard InChI is InChI=1S/C11H20N4O5/c1-11(2,3)8(9(18)19)14-10(20)15(4-6(12)16)5-7(13)17/h8H,4-5H2,1-3H3,(H2,12,16)(H2,13,17)(H,14,20)(H,18,19)/t8-/m1/s1. The van der Waals surface area contributed by atoms with Gasteiger partial charge in [0, 0.05) is 0 Å². The van der Waals surface area contributed by atoms with Crippen LogP contribution in [0.25, 0.3) is 0 Å². The van der Waals surface area contributed by atoms with Crippen molar-refractivity contribution < 1.29 is 24.3 Å². The zero-order chi connectivity index (χ0) is 16.1. The van der Waals surface area contributed by atoms with E-state index in [-0.39, 0.29) is 0 Å². The van der Waals surface area contributed by atoms with Crippen LogP contribution in [0.2, 0.25) is 0 Å². The van der Waals surface area contributed by atoms with E-state index >= 15 is 0 Å². The second-order valence-corrected chi connectivity index (χ2v) is 5.38. The molecule has 0 heterocycles. The lowest BCUT2D eigenvalue weighted by Crippen LogP contribution is -2.55. The van der Waals surface area contributed by atoms with Crippen LogP contribution in [0.4, 0.5) is 4.79 Å². The third-order valence-electron chi connectivity index (χ3n) is 2.36. The van der Waals surface area contributed by atoms with Gasteiger partial charge in [0.15, 0.2) is 0 Å². The molecule has 0 unspecified atom stereocenters. The van der Waals surface area contributed by atoms with Gasteiger partial charge in [-0.05, 0) is 5.41 Å². The maximum absolute atomic E-state index is 11.9. The lowest BCUT2D eigenvalue weighted by atomic mass is 9.87. The van der Waals surface area contributed by atoms with Crippen molar-refractivity contribution in [2.75, 3.05) is 13.1 Å². The van der Waals surface area contributed by atoms with E-state index < -0.39 is 48.4 Å². The first-order valence-electron chi connectivity index (χ1n) is 5.80. The van der Waals surface area contributed by atoms with E-state index in [1.807, 2.05) is 0 Å². The number of nitrogens with zero attached hydrogens (tertiary/aromatic N) is 1. The van der Waals surface area contributed by atoms with Crippen molar-refractivity contribution in [1.82, 2.24) is 10.2 Å². The van der Waals surface area contributed by atoms with E-state index in [0.29, 0.717) is 0 Å². The van der Waals surface area contributed by atoms with Crippen molar-refractivity contribution in [1.29, 1.82) is 0 Å². The predicted molar refractivity (Wildman–Crippen MR) is 69.4 cm³/mol. The molecule has 4 amide bonds. The van der Waals surface area contributed by atoms with Gasteiger partial charge in [0.25, 0.3) is 0 Å². The number of rotatable bonds is 6. The molecule has 0 saturated heterocycles. The Morgan fingerprint density at radius 3 is 1.75 bits per heavy atom. The number of carboxylic acid groups (broad SMARTS) is 1. The van der Waals surface area contributed by atoms with Crippen molar-refractivity contribution in [3.05, 3.63) is 0 Å². The van der Waals surface area contributed by atoms with Gasteiger partial charge in [-0.15, -0.1) is 0 Å². The summed E-state index contributed by atoms with van der Waals surface area (Å²) in [5.41, 5.74) is 9.15. The monoisotopic (exact) mass is 288 g/mol. The Morgan fingerprint density at radius 1 is 1.10 bits per heavy atom. The largest absolute Gasteiger partial charge is 0.480 e. The number of amides is 4. The summed E-state index contributed by atoms with van der Waals surface area (Å²) in [7, 11) is 0. The van der Waals surface area contributed by atoms with E-state index in [4.69, 9.17) is 16.6 Å². The molecule has 0 bridgehead atoms. The fraction of sp³-hybridized carbons (Fsp3) is 0.636. The van der Waals surface area contributed by atoms with E-state index in [1.54, 1.807) is 20.8 Å². The minimum Gasteiger partial charge on any atom is -0.480 e. The number of nitrogens with one attached hydrogen (secondary N) is 1. The summed E-state index contributed by atoms with van der Waals surface area (Å²) < 4.78 is 0. The molecule has 0 aromatic carbocycles. The molecule has 0 aliphatic heterocycles. The smallest absolute Gasteiger partial charge is 0.326 e. The van der Waals surface area contributed by atoms with Gasteiger partial charge in [0.2, 0.25) is 11.8 Å². The van der Waals surface area contributed by atoms with Crippen LogP contribution in [0, 0.1) is 5.41 Å². The maximum atomic E-state index is 11.9. The number of nitrogens with two attached hydrogens (primary N) is 2. The average Bonchev–Trinajstić information content (AvgIpc) is 2.20.